The summed E-state index contributed by atoms with van der Waals surface area (Å²) in [6.45, 7) is 1.49. The Kier molecular flexibility index (Phi) is 4.54. The lowest BCUT2D eigenvalue weighted by molar-refractivity contribution is -0.274. The molecule has 2 aromatic heterocycles. The predicted molar refractivity (Wildman–Crippen MR) is 101 cm³/mol. The lowest BCUT2D eigenvalue weighted by Crippen LogP contribution is -2.17. The van der Waals surface area contributed by atoms with Crippen LogP contribution in [0.1, 0.15) is 17.3 Å². The van der Waals surface area contributed by atoms with Crippen molar-refractivity contribution >= 4 is 11.4 Å². The average molecular weight is 397 g/mol. The van der Waals surface area contributed by atoms with Crippen molar-refractivity contribution in [3.05, 3.63) is 72.4 Å². The number of rotatable bonds is 4. The summed E-state index contributed by atoms with van der Waals surface area (Å²) in [4.78, 5) is 16.0. The number of benzene rings is 2. The van der Waals surface area contributed by atoms with Crippen LogP contribution in [0, 0.1) is 0 Å². The minimum atomic E-state index is -4.77. The first kappa shape index (κ1) is 18.7. The molecule has 0 spiro atoms. The van der Waals surface area contributed by atoms with Crippen molar-refractivity contribution in [1.82, 2.24) is 14.6 Å². The molecular formula is C21H14F3N3O2. The summed E-state index contributed by atoms with van der Waals surface area (Å²) in [5, 5.41) is 4.53. The molecule has 0 radical (unpaired) electrons. The molecule has 0 bridgehead atoms. The van der Waals surface area contributed by atoms with Crippen molar-refractivity contribution in [3.8, 4) is 28.3 Å². The molecule has 0 aliphatic heterocycles. The van der Waals surface area contributed by atoms with Crippen molar-refractivity contribution < 1.29 is 22.7 Å². The van der Waals surface area contributed by atoms with Gasteiger partial charge in [-0.05, 0) is 37.3 Å². The number of aromatic nitrogens is 3. The molecule has 0 aliphatic rings. The maximum Gasteiger partial charge on any atom is 0.573 e. The number of carbonyl (C=O) groups is 1. The molecule has 2 heterocycles. The van der Waals surface area contributed by atoms with Gasteiger partial charge >= 0.3 is 6.36 Å². The third-order valence-corrected chi connectivity index (χ3v) is 4.29. The van der Waals surface area contributed by atoms with E-state index in [0.29, 0.717) is 28.2 Å². The van der Waals surface area contributed by atoms with Gasteiger partial charge in [-0.1, -0.05) is 30.3 Å². The van der Waals surface area contributed by atoms with E-state index >= 15 is 0 Å². The molecular weight excluding hydrogens is 383 g/mol. The Labute approximate surface area is 163 Å². The molecule has 4 aromatic rings. The highest BCUT2D eigenvalue weighted by Gasteiger charge is 2.31. The number of alkyl halides is 3. The van der Waals surface area contributed by atoms with Gasteiger partial charge in [-0.15, -0.1) is 13.2 Å². The molecule has 4 rings (SSSR count). The van der Waals surface area contributed by atoms with E-state index in [1.165, 1.54) is 25.1 Å². The van der Waals surface area contributed by atoms with Gasteiger partial charge in [0.1, 0.15) is 5.75 Å². The van der Waals surface area contributed by atoms with Crippen molar-refractivity contribution in [2.75, 3.05) is 0 Å². The summed E-state index contributed by atoms with van der Waals surface area (Å²) in [7, 11) is 0. The van der Waals surface area contributed by atoms with Crippen LogP contribution in [0.3, 0.4) is 0 Å². The second kappa shape index (κ2) is 7.05. The Bertz CT molecular complexity index is 1220. The zero-order valence-electron chi connectivity index (χ0n) is 15.1. The van der Waals surface area contributed by atoms with E-state index < -0.39 is 6.36 Å². The maximum atomic E-state index is 12.5. The lowest BCUT2D eigenvalue weighted by Gasteiger charge is -2.10. The lowest BCUT2D eigenvalue weighted by atomic mass is 10.1. The number of halogens is 3. The summed E-state index contributed by atoms with van der Waals surface area (Å²) < 4.78 is 43.1. The Morgan fingerprint density at radius 3 is 2.52 bits per heavy atom. The Morgan fingerprint density at radius 2 is 1.76 bits per heavy atom. The minimum Gasteiger partial charge on any atom is -0.406 e. The quantitative estimate of drug-likeness (QED) is 0.446. The summed E-state index contributed by atoms with van der Waals surface area (Å²) in [6, 6.07) is 16.1. The van der Waals surface area contributed by atoms with Gasteiger partial charge in [0, 0.05) is 16.7 Å². The van der Waals surface area contributed by atoms with Crippen molar-refractivity contribution in [1.29, 1.82) is 0 Å². The molecule has 146 valence electrons. The molecule has 5 nitrogen and oxygen atoms in total. The van der Waals surface area contributed by atoms with Crippen LogP contribution in [0.25, 0.3) is 28.2 Å². The molecule has 2 aromatic carbocycles. The summed E-state index contributed by atoms with van der Waals surface area (Å²) >= 11 is 0. The van der Waals surface area contributed by atoms with Gasteiger partial charge < -0.3 is 4.74 Å². The number of ether oxygens (including phenoxy) is 1. The third kappa shape index (κ3) is 3.96. The second-order valence-electron chi connectivity index (χ2n) is 6.34. The fourth-order valence-electron chi connectivity index (χ4n) is 2.97. The summed E-state index contributed by atoms with van der Waals surface area (Å²) in [6.07, 6.45) is -3.14. The van der Waals surface area contributed by atoms with Crippen LogP contribution >= 0.6 is 0 Å². The molecule has 8 heteroatoms. The second-order valence-corrected chi connectivity index (χ2v) is 6.34. The summed E-state index contributed by atoms with van der Waals surface area (Å²) in [5.41, 5.74) is 3.46. The van der Waals surface area contributed by atoms with Crippen LogP contribution in [0.5, 0.6) is 5.75 Å². The van der Waals surface area contributed by atoms with Gasteiger partial charge in [-0.25, -0.2) is 9.50 Å². The summed E-state index contributed by atoms with van der Waals surface area (Å²) in [5.74, 6) is -0.382. The van der Waals surface area contributed by atoms with E-state index in [1.54, 1.807) is 47.1 Å². The molecule has 0 atom stereocenters. The van der Waals surface area contributed by atoms with E-state index in [-0.39, 0.29) is 11.5 Å². The number of ketones is 1. The maximum absolute atomic E-state index is 12.5. The van der Waals surface area contributed by atoms with Crippen molar-refractivity contribution in [2.24, 2.45) is 0 Å². The van der Waals surface area contributed by atoms with Gasteiger partial charge in [0.05, 0.1) is 17.6 Å². The fourth-order valence-corrected chi connectivity index (χ4v) is 2.97. The highest BCUT2D eigenvalue weighted by molar-refractivity contribution is 5.95. The van der Waals surface area contributed by atoms with E-state index in [2.05, 4.69) is 14.8 Å². The Morgan fingerprint density at radius 1 is 1.00 bits per heavy atom. The number of nitrogens with zero attached hydrogens (tertiary/aromatic N) is 3. The van der Waals surface area contributed by atoms with Gasteiger partial charge in [0.2, 0.25) is 0 Å². The smallest absolute Gasteiger partial charge is 0.406 e. The number of fused-ring (bicyclic) bond motifs is 1. The first-order valence-corrected chi connectivity index (χ1v) is 8.62. The molecule has 0 saturated heterocycles. The number of imidazole rings is 1. The van der Waals surface area contributed by atoms with Gasteiger partial charge in [-0.2, -0.15) is 5.10 Å². The van der Waals surface area contributed by atoms with E-state index in [4.69, 9.17) is 0 Å². The molecule has 0 amide bonds. The third-order valence-electron chi connectivity index (χ3n) is 4.29. The topological polar surface area (TPSA) is 56.5 Å². The first-order chi connectivity index (χ1) is 13.8. The fraction of sp³-hybridized carbons (Fsp3) is 0.0952. The van der Waals surface area contributed by atoms with Crippen LogP contribution in [-0.4, -0.2) is 26.7 Å². The zero-order chi connectivity index (χ0) is 20.6. The SMILES string of the molecule is CC(=O)c1cccc(-c2cnc3ccc(-c4cccc(OC(F)(F)F)c4)nn23)c1. The van der Waals surface area contributed by atoms with Crippen molar-refractivity contribution in [2.45, 2.75) is 13.3 Å². The molecule has 0 fully saturated rings. The van der Waals surface area contributed by atoms with Crippen molar-refractivity contribution in [3.63, 3.8) is 0 Å². The number of Topliss-reactive ketones (excluding diaryl/α,β-unsaturated/α-hetero) is 1. The monoisotopic (exact) mass is 397 g/mol. The van der Waals surface area contributed by atoms with Crippen LogP contribution in [0.15, 0.2) is 66.9 Å². The molecule has 0 saturated carbocycles. The molecule has 0 unspecified atom stereocenters. The Balaban J connectivity index is 1.78. The van der Waals surface area contributed by atoms with Gasteiger partial charge in [0.25, 0.3) is 0 Å². The van der Waals surface area contributed by atoms with Crippen LogP contribution in [0.2, 0.25) is 0 Å². The Hall–Kier alpha value is -3.68. The highest BCUT2D eigenvalue weighted by Crippen LogP contribution is 2.28. The average Bonchev–Trinajstić information content (AvgIpc) is 3.10. The largest absolute Gasteiger partial charge is 0.573 e. The standard InChI is InChI=1S/C21H14F3N3O2/c1-13(28)14-4-2-6-16(10-14)19-12-25-20-9-8-18(26-27(19)20)15-5-3-7-17(11-15)29-21(22,23)24/h2-12H,1H3. The van der Waals surface area contributed by atoms with Gasteiger partial charge in [0.15, 0.2) is 11.4 Å². The van der Waals surface area contributed by atoms with Crippen LogP contribution in [-0.2, 0) is 0 Å². The molecule has 29 heavy (non-hydrogen) atoms. The van der Waals surface area contributed by atoms with Gasteiger partial charge in [-0.3, -0.25) is 4.79 Å². The van der Waals surface area contributed by atoms with Crippen LogP contribution in [0.4, 0.5) is 13.2 Å². The first-order valence-electron chi connectivity index (χ1n) is 8.62. The number of carbonyl (C=O) groups excluding carboxylic acids is 1. The molecule has 0 N–H and O–H groups in total. The minimum absolute atomic E-state index is 0.0594. The van der Waals surface area contributed by atoms with E-state index in [1.807, 2.05) is 6.07 Å². The highest BCUT2D eigenvalue weighted by atomic mass is 19.4. The predicted octanol–water partition coefficient (Wildman–Crippen LogP) is 5.16. The number of hydrogen-bond acceptors (Lipinski definition) is 4. The van der Waals surface area contributed by atoms with E-state index in [0.717, 1.165) is 5.56 Å². The normalized spacial score (nSPS) is 11.6. The van der Waals surface area contributed by atoms with E-state index in [9.17, 15) is 18.0 Å². The van der Waals surface area contributed by atoms with Crippen LogP contribution < -0.4 is 4.74 Å². The zero-order valence-corrected chi connectivity index (χ0v) is 15.1. The number of hydrogen-bond donors (Lipinski definition) is 0. The molecule has 0 aliphatic carbocycles.